The zero-order valence-electron chi connectivity index (χ0n) is 47.3. The molecule has 0 radical (unpaired) electrons. The van der Waals surface area contributed by atoms with Crippen LogP contribution in [-0.2, 0) is 9.59 Å². The van der Waals surface area contributed by atoms with E-state index in [1.807, 2.05) is 0 Å². The van der Waals surface area contributed by atoms with Gasteiger partial charge in [-0.2, -0.15) is 0 Å². The molecule has 0 aromatic carbocycles. The Bertz CT molecular complexity index is 874. The molecule has 0 spiro atoms. The average molecular weight is 974 g/mol. The Morgan fingerprint density at radius 3 is 0.246 bits per heavy atom. The first-order chi connectivity index (χ1) is 34.1. The molecule has 69 heavy (non-hydrogen) atoms. The van der Waals surface area contributed by atoms with Gasteiger partial charge in [0.25, 0.3) is 0 Å². The van der Waals surface area contributed by atoms with Gasteiger partial charge in [-0.1, -0.05) is 379 Å². The third-order valence-electron chi connectivity index (χ3n) is 15.8. The molecule has 0 atom stereocenters. The van der Waals surface area contributed by atoms with Crippen molar-refractivity contribution in [2.24, 2.45) is 0 Å². The lowest BCUT2D eigenvalue weighted by Gasteiger charge is -2.05. The molecule has 0 rings (SSSR count). The molecule has 0 aromatic rings. The highest BCUT2D eigenvalue weighted by molar-refractivity contribution is 5.66. The van der Waals surface area contributed by atoms with Gasteiger partial charge in [0, 0.05) is 12.8 Å². The van der Waals surface area contributed by atoms with Crippen LogP contribution >= 0.6 is 0 Å². The SMILES string of the molecule is O=C(O)CCCCCCCCCCCCCCCCCCCCCCCCCCCCCCCCCCCCCCCCCCCCCCCCCCCCCCCCCCCCCCCC(=O)O. The van der Waals surface area contributed by atoms with Crippen LogP contribution in [0.2, 0.25) is 0 Å². The predicted molar refractivity (Wildman–Crippen MR) is 306 cm³/mol. The van der Waals surface area contributed by atoms with Crippen molar-refractivity contribution in [1.82, 2.24) is 0 Å². The molecule has 4 nitrogen and oxygen atoms in total. The van der Waals surface area contributed by atoms with E-state index in [4.69, 9.17) is 10.2 Å². The summed E-state index contributed by atoms with van der Waals surface area (Å²) in [4.78, 5) is 21.1. The highest BCUT2D eigenvalue weighted by Gasteiger charge is 2.02. The summed E-state index contributed by atoms with van der Waals surface area (Å²) in [6.45, 7) is 0. The lowest BCUT2D eigenvalue weighted by Crippen LogP contribution is -1.93. The van der Waals surface area contributed by atoms with Crippen molar-refractivity contribution < 1.29 is 19.8 Å². The zero-order chi connectivity index (χ0) is 49.7. The minimum Gasteiger partial charge on any atom is -0.481 e. The molecule has 4 heteroatoms. The Balaban J connectivity index is 3.08. The third-order valence-corrected chi connectivity index (χ3v) is 15.8. The molecule has 0 unspecified atom stereocenters. The average Bonchev–Trinajstić information content (AvgIpc) is 3.34. The first-order valence-electron chi connectivity index (χ1n) is 32.6. The molecule has 0 saturated carbocycles. The smallest absolute Gasteiger partial charge is 0.303 e. The van der Waals surface area contributed by atoms with Gasteiger partial charge in [0.05, 0.1) is 0 Å². The lowest BCUT2D eigenvalue weighted by atomic mass is 10.0. The van der Waals surface area contributed by atoms with Crippen molar-refractivity contribution in [1.29, 1.82) is 0 Å². The highest BCUT2D eigenvalue weighted by atomic mass is 16.4. The van der Waals surface area contributed by atoms with Crippen molar-refractivity contribution in [3.05, 3.63) is 0 Å². The second-order valence-electron chi connectivity index (χ2n) is 22.9. The number of rotatable bonds is 64. The van der Waals surface area contributed by atoms with Gasteiger partial charge in [-0.3, -0.25) is 9.59 Å². The summed E-state index contributed by atoms with van der Waals surface area (Å²) in [5.74, 6) is -1.29. The highest BCUT2D eigenvalue weighted by Crippen LogP contribution is 2.20. The van der Waals surface area contributed by atoms with E-state index in [9.17, 15) is 9.59 Å². The summed E-state index contributed by atoms with van der Waals surface area (Å²) in [5.41, 5.74) is 0. The molecule has 0 aromatic heterocycles. The Kier molecular flexibility index (Phi) is 62.1. The maximum atomic E-state index is 10.5. The van der Waals surface area contributed by atoms with Gasteiger partial charge < -0.3 is 10.2 Å². The van der Waals surface area contributed by atoms with E-state index >= 15 is 0 Å². The van der Waals surface area contributed by atoms with Gasteiger partial charge in [0.2, 0.25) is 0 Å². The Morgan fingerprint density at radius 2 is 0.188 bits per heavy atom. The number of unbranched alkanes of at least 4 members (excludes halogenated alkanes) is 60. The van der Waals surface area contributed by atoms with E-state index in [1.54, 1.807) is 0 Å². The fraction of sp³-hybridized carbons (Fsp3) is 0.969. The van der Waals surface area contributed by atoms with Gasteiger partial charge in [-0.05, 0) is 12.8 Å². The van der Waals surface area contributed by atoms with Crippen LogP contribution < -0.4 is 0 Å². The summed E-state index contributed by atoms with van der Waals surface area (Å²) < 4.78 is 0. The van der Waals surface area contributed by atoms with Gasteiger partial charge in [-0.15, -0.1) is 0 Å². The topological polar surface area (TPSA) is 74.6 Å². The molecule has 2 N–H and O–H groups in total. The normalized spacial score (nSPS) is 11.6. The van der Waals surface area contributed by atoms with E-state index in [0.717, 1.165) is 25.7 Å². The standard InChI is InChI=1S/C65H128O4/c66-64(67)62-60-58-56-54-52-50-48-46-44-42-40-38-36-34-32-30-28-26-24-22-20-18-16-14-12-10-8-6-4-2-1-3-5-7-9-11-13-15-17-19-21-23-25-27-29-31-33-35-37-39-41-43-45-47-49-51-53-55-57-59-61-63-65(68)69/h1-63H2,(H,66,67)(H,68,69). The molecule has 0 amide bonds. The van der Waals surface area contributed by atoms with E-state index in [-0.39, 0.29) is 0 Å². The van der Waals surface area contributed by atoms with Crippen LogP contribution in [0.5, 0.6) is 0 Å². The van der Waals surface area contributed by atoms with Gasteiger partial charge in [0.1, 0.15) is 0 Å². The number of carbonyl (C=O) groups is 2. The van der Waals surface area contributed by atoms with Crippen molar-refractivity contribution in [3.8, 4) is 0 Å². The second-order valence-corrected chi connectivity index (χ2v) is 22.9. The lowest BCUT2D eigenvalue weighted by molar-refractivity contribution is -0.138. The van der Waals surface area contributed by atoms with Crippen LogP contribution in [0.15, 0.2) is 0 Å². The fourth-order valence-electron chi connectivity index (χ4n) is 11.0. The quantitative estimate of drug-likeness (QED) is 0.0596. The number of hydrogen-bond donors (Lipinski definition) is 2. The monoisotopic (exact) mass is 973 g/mol. The minimum absolute atomic E-state index is 0.345. The van der Waals surface area contributed by atoms with E-state index in [0.29, 0.717) is 12.8 Å². The first-order valence-corrected chi connectivity index (χ1v) is 32.6. The Labute approximate surface area is 434 Å². The van der Waals surface area contributed by atoms with Crippen LogP contribution in [0, 0.1) is 0 Å². The maximum Gasteiger partial charge on any atom is 0.303 e. The van der Waals surface area contributed by atoms with Crippen molar-refractivity contribution >= 4 is 11.9 Å². The van der Waals surface area contributed by atoms with E-state index in [2.05, 4.69) is 0 Å². The van der Waals surface area contributed by atoms with Crippen molar-refractivity contribution in [3.63, 3.8) is 0 Å². The third kappa shape index (κ3) is 66.9. The summed E-state index contributed by atoms with van der Waals surface area (Å²) in [6, 6.07) is 0. The summed E-state index contributed by atoms with van der Waals surface area (Å²) in [6.07, 6.45) is 86.7. The molecule has 0 fully saturated rings. The maximum absolute atomic E-state index is 10.5. The first kappa shape index (κ1) is 67.9. The van der Waals surface area contributed by atoms with Crippen LogP contribution in [0.1, 0.15) is 405 Å². The van der Waals surface area contributed by atoms with Gasteiger partial charge >= 0.3 is 11.9 Å². The number of hydrogen-bond acceptors (Lipinski definition) is 2. The zero-order valence-corrected chi connectivity index (χ0v) is 47.3. The Hall–Kier alpha value is -1.06. The van der Waals surface area contributed by atoms with E-state index < -0.39 is 11.9 Å². The molecule has 0 aliphatic heterocycles. The van der Waals surface area contributed by atoms with Crippen LogP contribution in [0.4, 0.5) is 0 Å². The molecule has 0 heterocycles. The molecular weight excluding hydrogens is 845 g/mol. The fourth-order valence-corrected chi connectivity index (χ4v) is 11.0. The second kappa shape index (κ2) is 63.1. The van der Waals surface area contributed by atoms with E-state index in [1.165, 1.54) is 366 Å². The summed E-state index contributed by atoms with van der Waals surface area (Å²) in [7, 11) is 0. The number of aliphatic carboxylic acids is 2. The molecule has 0 aliphatic rings. The molecule has 412 valence electrons. The summed E-state index contributed by atoms with van der Waals surface area (Å²) >= 11 is 0. The van der Waals surface area contributed by atoms with Crippen LogP contribution in [0.3, 0.4) is 0 Å². The molecule has 0 saturated heterocycles. The Morgan fingerprint density at radius 1 is 0.130 bits per heavy atom. The molecule has 0 aliphatic carbocycles. The predicted octanol–water partition coefficient (Wildman–Crippen LogP) is 23.7. The molecule has 0 bridgehead atoms. The minimum atomic E-state index is -0.647. The molecular formula is C65H128O4. The summed E-state index contributed by atoms with van der Waals surface area (Å²) in [5, 5.41) is 17.4. The van der Waals surface area contributed by atoms with Gasteiger partial charge in [0.15, 0.2) is 0 Å². The largest absolute Gasteiger partial charge is 0.481 e. The van der Waals surface area contributed by atoms with Crippen LogP contribution in [0.25, 0.3) is 0 Å². The number of carboxylic acids is 2. The van der Waals surface area contributed by atoms with Crippen molar-refractivity contribution in [2.45, 2.75) is 405 Å². The number of carboxylic acid groups (broad SMARTS) is 2. The van der Waals surface area contributed by atoms with Crippen LogP contribution in [-0.4, -0.2) is 22.2 Å². The van der Waals surface area contributed by atoms with Gasteiger partial charge in [-0.25, -0.2) is 0 Å². The van der Waals surface area contributed by atoms with Crippen molar-refractivity contribution in [2.75, 3.05) is 0 Å².